The van der Waals surface area contributed by atoms with Crippen molar-refractivity contribution in [1.82, 2.24) is 0 Å². The summed E-state index contributed by atoms with van der Waals surface area (Å²) in [5.74, 6) is 0. The highest BCUT2D eigenvalue weighted by molar-refractivity contribution is 7.96. The zero-order valence-corrected chi connectivity index (χ0v) is 15.5. The van der Waals surface area contributed by atoms with Crippen molar-refractivity contribution in [2.45, 2.75) is 40.1 Å². The molecule has 0 saturated heterocycles. The summed E-state index contributed by atoms with van der Waals surface area (Å²) < 4.78 is 52.4. The Balaban J connectivity index is 2.09. The molecule has 1 aliphatic rings. The molecule has 1 aliphatic carbocycles. The van der Waals surface area contributed by atoms with Crippen LogP contribution in [0.1, 0.15) is 19.8 Å². The van der Waals surface area contributed by atoms with Gasteiger partial charge in [-0.2, -0.15) is 0 Å². The zero-order chi connectivity index (χ0) is 18.1. The van der Waals surface area contributed by atoms with Crippen LogP contribution in [0.25, 0.3) is 0 Å². The minimum absolute atomic E-state index is 0.168. The Bertz CT molecular complexity index is 976. The largest absolute Gasteiger partial charge is 0.223 e. The summed E-state index contributed by atoms with van der Waals surface area (Å²) in [6.45, 7) is 1.85. The van der Waals surface area contributed by atoms with E-state index >= 15 is 0 Å². The van der Waals surface area contributed by atoms with E-state index in [1.54, 1.807) is 36.4 Å². The Kier molecular flexibility index (Phi) is 4.84. The first kappa shape index (κ1) is 17.9. The zero-order valence-electron chi connectivity index (χ0n) is 13.9. The van der Waals surface area contributed by atoms with Gasteiger partial charge in [0.05, 0.1) is 20.3 Å². The number of benzene rings is 2. The summed E-state index contributed by atoms with van der Waals surface area (Å²) in [5.41, 5.74) is 0.906. The van der Waals surface area contributed by atoms with E-state index in [4.69, 9.17) is 0 Å². The molecule has 0 radical (unpaired) electrons. The average molecular weight is 376 g/mol. The van der Waals surface area contributed by atoms with E-state index in [0.29, 0.717) is 0 Å². The number of rotatable bonds is 4. The van der Waals surface area contributed by atoms with Crippen LogP contribution in [0.2, 0.25) is 0 Å². The summed E-state index contributed by atoms with van der Waals surface area (Å²) in [6.07, 6.45) is 2.27. The van der Waals surface area contributed by atoms with Gasteiger partial charge in [0.1, 0.15) is 0 Å². The molecule has 0 N–H and O–H groups in total. The number of sulfone groups is 2. The SMILES string of the molecule is CC1=CC[C@H](S(=O)(=O)c2ccccc2)C(S(=O)(=O)c2ccccc2)C1. The van der Waals surface area contributed by atoms with Crippen LogP contribution in [-0.2, 0) is 19.7 Å². The summed E-state index contributed by atoms with van der Waals surface area (Å²) in [6, 6.07) is 16.2. The molecule has 0 fully saturated rings. The monoisotopic (exact) mass is 376 g/mol. The van der Waals surface area contributed by atoms with Gasteiger partial charge in [-0.1, -0.05) is 48.0 Å². The molecule has 25 heavy (non-hydrogen) atoms. The molecule has 2 aromatic rings. The number of hydrogen-bond acceptors (Lipinski definition) is 4. The van der Waals surface area contributed by atoms with Gasteiger partial charge >= 0.3 is 0 Å². The molecule has 2 aromatic carbocycles. The van der Waals surface area contributed by atoms with Crippen molar-refractivity contribution in [3.05, 3.63) is 72.3 Å². The maximum atomic E-state index is 13.1. The first-order valence-electron chi connectivity index (χ1n) is 8.07. The van der Waals surface area contributed by atoms with Crippen molar-refractivity contribution in [1.29, 1.82) is 0 Å². The minimum atomic E-state index is -3.76. The maximum Gasteiger partial charge on any atom is 0.182 e. The quantitative estimate of drug-likeness (QED) is 0.767. The molecule has 0 spiro atoms. The predicted molar refractivity (Wildman–Crippen MR) is 97.8 cm³/mol. The minimum Gasteiger partial charge on any atom is -0.223 e. The third-order valence-electron chi connectivity index (χ3n) is 4.58. The summed E-state index contributed by atoms with van der Waals surface area (Å²) in [5, 5.41) is -1.96. The van der Waals surface area contributed by atoms with E-state index in [9.17, 15) is 16.8 Å². The van der Waals surface area contributed by atoms with Gasteiger partial charge in [0.2, 0.25) is 0 Å². The Morgan fingerprint density at radius 2 is 1.16 bits per heavy atom. The van der Waals surface area contributed by atoms with Crippen LogP contribution in [0.15, 0.2) is 82.1 Å². The molecular weight excluding hydrogens is 356 g/mol. The fraction of sp³-hybridized carbons (Fsp3) is 0.263. The van der Waals surface area contributed by atoms with Crippen LogP contribution in [0.3, 0.4) is 0 Å². The normalized spacial score (nSPS) is 21.6. The van der Waals surface area contributed by atoms with Gasteiger partial charge in [-0.25, -0.2) is 16.8 Å². The first-order valence-corrected chi connectivity index (χ1v) is 11.2. The second-order valence-electron chi connectivity index (χ2n) is 6.28. The van der Waals surface area contributed by atoms with Crippen LogP contribution in [0, 0.1) is 0 Å². The first-order chi connectivity index (χ1) is 11.8. The van der Waals surface area contributed by atoms with Crippen molar-refractivity contribution in [3.8, 4) is 0 Å². The van der Waals surface area contributed by atoms with Crippen LogP contribution < -0.4 is 0 Å². The van der Waals surface area contributed by atoms with Gasteiger partial charge in [-0.3, -0.25) is 0 Å². The molecule has 0 aliphatic heterocycles. The smallest absolute Gasteiger partial charge is 0.182 e. The molecule has 0 saturated carbocycles. The van der Waals surface area contributed by atoms with Crippen LogP contribution in [0.5, 0.6) is 0 Å². The molecule has 4 nitrogen and oxygen atoms in total. The van der Waals surface area contributed by atoms with Gasteiger partial charge in [-0.15, -0.1) is 0 Å². The molecule has 1 unspecified atom stereocenters. The average Bonchev–Trinajstić information content (AvgIpc) is 2.63. The highest BCUT2D eigenvalue weighted by atomic mass is 32.2. The molecule has 2 atom stereocenters. The second kappa shape index (κ2) is 6.77. The lowest BCUT2D eigenvalue weighted by atomic mass is 10.00. The van der Waals surface area contributed by atoms with Gasteiger partial charge in [0, 0.05) is 0 Å². The van der Waals surface area contributed by atoms with Gasteiger partial charge < -0.3 is 0 Å². The van der Waals surface area contributed by atoms with E-state index in [0.717, 1.165) is 5.57 Å². The molecule has 6 heteroatoms. The third kappa shape index (κ3) is 3.41. The second-order valence-corrected chi connectivity index (χ2v) is 10.6. The molecule has 0 aromatic heterocycles. The van der Waals surface area contributed by atoms with Gasteiger partial charge in [0.15, 0.2) is 19.7 Å². The Morgan fingerprint density at radius 3 is 1.64 bits per heavy atom. The fourth-order valence-corrected chi connectivity index (χ4v) is 7.70. The topological polar surface area (TPSA) is 68.3 Å². The third-order valence-corrected chi connectivity index (χ3v) is 9.22. The molecule has 0 bridgehead atoms. The molecule has 0 heterocycles. The van der Waals surface area contributed by atoms with Crippen LogP contribution >= 0.6 is 0 Å². The Morgan fingerprint density at radius 1 is 0.720 bits per heavy atom. The summed E-state index contributed by atoms with van der Waals surface area (Å²) >= 11 is 0. The lowest BCUT2D eigenvalue weighted by Crippen LogP contribution is -2.41. The van der Waals surface area contributed by atoms with Crippen molar-refractivity contribution in [3.63, 3.8) is 0 Å². The number of hydrogen-bond donors (Lipinski definition) is 0. The maximum absolute atomic E-state index is 13.1. The molecule has 3 rings (SSSR count). The van der Waals surface area contributed by atoms with E-state index in [1.807, 2.05) is 13.0 Å². The standard InChI is InChI=1S/C19H20O4S2/c1-15-12-13-18(24(20,21)16-8-4-2-5-9-16)19(14-15)25(22,23)17-10-6-3-7-11-17/h2-12,18-19H,13-14H2,1H3/t18-,19?/m0/s1. The highest BCUT2D eigenvalue weighted by Crippen LogP contribution is 2.35. The Hall–Kier alpha value is -1.92. The van der Waals surface area contributed by atoms with E-state index in [-0.39, 0.29) is 22.6 Å². The molecule has 132 valence electrons. The highest BCUT2D eigenvalue weighted by Gasteiger charge is 2.43. The van der Waals surface area contributed by atoms with Gasteiger partial charge in [0.25, 0.3) is 0 Å². The molecule has 0 amide bonds. The lowest BCUT2D eigenvalue weighted by Gasteiger charge is -2.30. The van der Waals surface area contributed by atoms with Crippen molar-refractivity contribution in [2.75, 3.05) is 0 Å². The molecular formula is C19H20O4S2. The fourth-order valence-electron chi connectivity index (χ4n) is 3.21. The van der Waals surface area contributed by atoms with Crippen molar-refractivity contribution >= 4 is 19.7 Å². The van der Waals surface area contributed by atoms with Crippen LogP contribution in [0.4, 0.5) is 0 Å². The summed E-state index contributed by atoms with van der Waals surface area (Å²) in [7, 11) is -7.50. The summed E-state index contributed by atoms with van der Waals surface area (Å²) in [4.78, 5) is 0.337. The number of allylic oxidation sites excluding steroid dienone is 2. The lowest BCUT2D eigenvalue weighted by molar-refractivity contribution is 0.541. The van der Waals surface area contributed by atoms with Crippen molar-refractivity contribution < 1.29 is 16.8 Å². The van der Waals surface area contributed by atoms with E-state index in [2.05, 4.69) is 0 Å². The van der Waals surface area contributed by atoms with E-state index < -0.39 is 30.2 Å². The van der Waals surface area contributed by atoms with Crippen LogP contribution in [-0.4, -0.2) is 27.3 Å². The Labute approximate surface area is 149 Å². The van der Waals surface area contributed by atoms with E-state index in [1.165, 1.54) is 24.3 Å². The predicted octanol–water partition coefficient (Wildman–Crippen LogP) is 3.41. The van der Waals surface area contributed by atoms with Crippen molar-refractivity contribution in [2.24, 2.45) is 0 Å². The van der Waals surface area contributed by atoms with Gasteiger partial charge in [-0.05, 0) is 44.0 Å².